The van der Waals surface area contributed by atoms with Crippen LogP contribution >= 0.6 is 12.2 Å². The van der Waals surface area contributed by atoms with Gasteiger partial charge in [-0.3, -0.25) is 14.4 Å². The second-order valence-electron chi connectivity index (χ2n) is 2.73. The monoisotopic (exact) mass is 223 g/mol. The molecule has 6 nitrogen and oxygen atoms in total. The lowest BCUT2D eigenvalue weighted by Gasteiger charge is -2.35. The third-order valence-corrected chi connectivity index (χ3v) is 2.50. The highest BCUT2D eigenvalue weighted by Crippen LogP contribution is 2.07. The van der Waals surface area contributed by atoms with Crippen molar-refractivity contribution in [1.29, 1.82) is 0 Å². The molecular formula is C5H9N3O3S2. The maximum Gasteiger partial charge on any atom is 0.247 e. The van der Waals surface area contributed by atoms with E-state index in [2.05, 4.69) is 12.2 Å². The summed E-state index contributed by atoms with van der Waals surface area (Å²) < 4.78 is 23.4. The van der Waals surface area contributed by atoms with E-state index in [1.54, 1.807) is 0 Å². The third-order valence-electron chi connectivity index (χ3n) is 1.48. The zero-order valence-corrected chi connectivity index (χ0v) is 8.48. The molecular weight excluding hydrogens is 214 g/mol. The number of hydrogen-bond donors (Lipinski definition) is 2. The van der Waals surface area contributed by atoms with Gasteiger partial charge in [-0.25, -0.2) is 8.42 Å². The van der Waals surface area contributed by atoms with E-state index < -0.39 is 16.1 Å². The molecule has 0 bridgehead atoms. The summed E-state index contributed by atoms with van der Waals surface area (Å²) in [6.07, 6.45) is 0.962. The number of carbonyl (C=O) groups excluding carboxylic acids is 1. The number of nitrogens with one attached hydrogen (secondary N) is 1. The van der Waals surface area contributed by atoms with Crippen LogP contribution in [0, 0.1) is 0 Å². The molecule has 1 rings (SSSR count). The number of rotatable bonds is 1. The minimum atomic E-state index is -3.41. The largest absolute Gasteiger partial charge is 0.318 e. The summed E-state index contributed by atoms with van der Waals surface area (Å²) in [5.74, 6) is -0.360. The average molecular weight is 223 g/mol. The van der Waals surface area contributed by atoms with Gasteiger partial charge >= 0.3 is 0 Å². The van der Waals surface area contributed by atoms with Gasteiger partial charge in [-0.2, -0.15) is 0 Å². The zero-order chi connectivity index (χ0) is 10.2. The quantitative estimate of drug-likeness (QED) is 0.396. The second kappa shape index (κ2) is 3.20. The molecule has 0 aromatic rings. The highest BCUT2D eigenvalue weighted by molar-refractivity contribution is 7.91. The SMILES string of the molecule is CS(=O)(=O)NC(=S)N1CC(N)C1=O. The highest BCUT2D eigenvalue weighted by atomic mass is 32.2. The van der Waals surface area contributed by atoms with Crippen LogP contribution in [0.1, 0.15) is 0 Å². The Kier molecular flexibility index (Phi) is 2.55. The van der Waals surface area contributed by atoms with Crippen molar-refractivity contribution in [3.05, 3.63) is 0 Å². The van der Waals surface area contributed by atoms with Crippen LogP contribution in [0.5, 0.6) is 0 Å². The van der Waals surface area contributed by atoms with Crippen molar-refractivity contribution in [3.63, 3.8) is 0 Å². The number of hydrogen-bond acceptors (Lipinski definition) is 5. The lowest BCUT2D eigenvalue weighted by Crippen LogP contribution is -2.65. The van der Waals surface area contributed by atoms with E-state index in [1.165, 1.54) is 0 Å². The highest BCUT2D eigenvalue weighted by Gasteiger charge is 2.36. The molecule has 1 aliphatic heterocycles. The molecule has 1 fully saturated rings. The molecule has 1 amide bonds. The lowest BCUT2D eigenvalue weighted by molar-refractivity contribution is -0.136. The zero-order valence-electron chi connectivity index (χ0n) is 6.85. The van der Waals surface area contributed by atoms with Crippen LogP contribution in [0.2, 0.25) is 0 Å². The molecule has 74 valence electrons. The summed E-state index contributed by atoms with van der Waals surface area (Å²) in [4.78, 5) is 12.1. The Hall–Kier alpha value is -0.730. The summed E-state index contributed by atoms with van der Waals surface area (Å²) in [6, 6.07) is -0.556. The molecule has 0 aromatic carbocycles. The number of carbonyl (C=O) groups is 1. The number of amides is 1. The van der Waals surface area contributed by atoms with Crippen molar-refractivity contribution in [1.82, 2.24) is 9.62 Å². The Morgan fingerprint density at radius 3 is 2.62 bits per heavy atom. The molecule has 1 unspecified atom stereocenters. The van der Waals surface area contributed by atoms with Crippen molar-refractivity contribution < 1.29 is 13.2 Å². The summed E-state index contributed by atoms with van der Waals surface area (Å²) in [6.45, 7) is 0.264. The molecule has 0 saturated carbocycles. The summed E-state index contributed by atoms with van der Waals surface area (Å²) >= 11 is 4.66. The Labute approximate surface area is 81.1 Å². The maximum atomic E-state index is 11.0. The van der Waals surface area contributed by atoms with Gasteiger partial charge in [-0.1, -0.05) is 0 Å². The minimum absolute atomic E-state index is 0.116. The summed E-state index contributed by atoms with van der Waals surface area (Å²) in [5.41, 5.74) is 5.29. The first-order chi connectivity index (χ1) is 5.81. The molecule has 3 N–H and O–H groups in total. The van der Waals surface area contributed by atoms with Gasteiger partial charge in [0.1, 0.15) is 6.04 Å². The van der Waals surface area contributed by atoms with Crippen molar-refractivity contribution in [3.8, 4) is 0 Å². The number of nitrogens with zero attached hydrogens (tertiary/aromatic N) is 1. The Bertz CT molecular complexity index is 350. The van der Waals surface area contributed by atoms with Crippen LogP contribution < -0.4 is 10.5 Å². The van der Waals surface area contributed by atoms with Gasteiger partial charge in [-0.15, -0.1) is 0 Å². The number of β-lactam (4-membered cyclic amide) rings is 1. The number of nitrogens with two attached hydrogens (primary N) is 1. The van der Waals surface area contributed by atoms with E-state index in [9.17, 15) is 13.2 Å². The number of likely N-dealkylation sites (tertiary alicyclic amines) is 1. The van der Waals surface area contributed by atoms with Gasteiger partial charge in [0.2, 0.25) is 15.9 Å². The molecule has 0 aliphatic carbocycles. The topological polar surface area (TPSA) is 92.5 Å². The molecule has 13 heavy (non-hydrogen) atoms. The van der Waals surface area contributed by atoms with E-state index in [1.807, 2.05) is 4.72 Å². The molecule has 8 heteroatoms. The van der Waals surface area contributed by atoms with E-state index in [0.29, 0.717) is 0 Å². The maximum absolute atomic E-state index is 11.0. The lowest BCUT2D eigenvalue weighted by atomic mass is 10.1. The van der Waals surface area contributed by atoms with E-state index in [4.69, 9.17) is 5.73 Å². The smallest absolute Gasteiger partial charge is 0.247 e. The first-order valence-corrected chi connectivity index (χ1v) is 5.70. The van der Waals surface area contributed by atoms with E-state index in [0.717, 1.165) is 11.2 Å². The molecule has 1 aliphatic rings. The van der Waals surface area contributed by atoms with Crippen LogP contribution in [0.4, 0.5) is 0 Å². The fraction of sp³-hybridized carbons (Fsp3) is 0.600. The van der Waals surface area contributed by atoms with Gasteiger partial charge in [0.25, 0.3) is 0 Å². The van der Waals surface area contributed by atoms with Gasteiger partial charge in [-0.05, 0) is 12.2 Å². The molecule has 1 atom stereocenters. The van der Waals surface area contributed by atoms with Crippen molar-refractivity contribution in [2.45, 2.75) is 6.04 Å². The number of sulfonamides is 1. The summed E-state index contributed by atoms with van der Waals surface area (Å²) in [5, 5.41) is -0.116. The average Bonchev–Trinajstić information content (AvgIpc) is 1.95. The molecule has 0 radical (unpaired) electrons. The van der Waals surface area contributed by atoms with Crippen molar-refractivity contribution >= 4 is 33.3 Å². The van der Waals surface area contributed by atoms with Crippen molar-refractivity contribution in [2.75, 3.05) is 12.8 Å². The van der Waals surface area contributed by atoms with E-state index >= 15 is 0 Å². The van der Waals surface area contributed by atoms with Gasteiger partial charge in [0, 0.05) is 0 Å². The van der Waals surface area contributed by atoms with Crippen LogP contribution in [-0.2, 0) is 14.8 Å². The van der Waals surface area contributed by atoms with Crippen molar-refractivity contribution in [2.24, 2.45) is 5.73 Å². The van der Waals surface area contributed by atoms with Crippen LogP contribution in [0.25, 0.3) is 0 Å². The van der Waals surface area contributed by atoms with Gasteiger partial charge in [0.15, 0.2) is 5.11 Å². The normalized spacial score (nSPS) is 22.5. The Balaban J connectivity index is 2.57. The predicted octanol–water partition coefficient (Wildman–Crippen LogP) is -2.01. The molecule has 0 spiro atoms. The van der Waals surface area contributed by atoms with Crippen LogP contribution in [-0.4, -0.2) is 43.2 Å². The Morgan fingerprint density at radius 2 is 2.31 bits per heavy atom. The fourth-order valence-corrected chi connectivity index (χ4v) is 1.90. The second-order valence-corrected chi connectivity index (χ2v) is 4.87. The number of thiocarbonyl (C=S) groups is 1. The molecule has 1 heterocycles. The summed E-state index contributed by atoms with van der Waals surface area (Å²) in [7, 11) is -3.41. The van der Waals surface area contributed by atoms with E-state index in [-0.39, 0.29) is 17.6 Å². The van der Waals surface area contributed by atoms with Gasteiger partial charge in [0.05, 0.1) is 12.8 Å². The fourth-order valence-electron chi connectivity index (χ4n) is 0.849. The minimum Gasteiger partial charge on any atom is -0.318 e. The third kappa shape index (κ3) is 2.36. The van der Waals surface area contributed by atoms with Crippen LogP contribution in [0.3, 0.4) is 0 Å². The molecule has 0 aromatic heterocycles. The first kappa shape index (κ1) is 10.4. The standard InChI is InChI=1S/C5H9N3O3S2/c1-13(10,11)7-5(12)8-2-3(6)4(8)9/h3H,2,6H2,1H3,(H,7,12). The Morgan fingerprint density at radius 1 is 1.77 bits per heavy atom. The molecule has 1 saturated heterocycles. The predicted molar refractivity (Wildman–Crippen MR) is 50.3 cm³/mol. The first-order valence-electron chi connectivity index (χ1n) is 3.40. The van der Waals surface area contributed by atoms with Gasteiger partial charge < -0.3 is 5.73 Å². The van der Waals surface area contributed by atoms with Crippen LogP contribution in [0.15, 0.2) is 0 Å².